The fourth-order valence-electron chi connectivity index (χ4n) is 7.37. The van der Waals surface area contributed by atoms with Gasteiger partial charge in [0, 0.05) is 33.6 Å². The quantitative estimate of drug-likeness (QED) is 0.179. The van der Waals surface area contributed by atoms with Crippen molar-refractivity contribution in [2.45, 2.75) is 0 Å². The Labute approximate surface area is 295 Å². The van der Waals surface area contributed by atoms with Crippen molar-refractivity contribution in [2.24, 2.45) is 0 Å². The van der Waals surface area contributed by atoms with Crippen LogP contribution < -0.4 is 0 Å². The van der Waals surface area contributed by atoms with E-state index in [1.54, 1.807) is 0 Å². The molecule has 51 heavy (non-hydrogen) atoms. The van der Waals surface area contributed by atoms with Crippen LogP contribution in [0.4, 0.5) is 0 Å². The van der Waals surface area contributed by atoms with Crippen molar-refractivity contribution in [1.29, 1.82) is 0 Å². The topological polar surface area (TPSA) is 40.6 Å². The van der Waals surface area contributed by atoms with Crippen LogP contribution in [0.3, 0.4) is 0 Å². The standard InChI is InChI=1S/C46H31N5/c1-4-17-36(18-5-1)49-41-25-13-10-16-32(41)31-44(49)33-28-34(45-47-39-23-11-14-26-42(39)50(45)37-19-6-2-7-20-37)30-35(29-33)46-48-40-24-12-15-27-43(40)51(46)38-21-8-3-9-22-38/h1-31H. The lowest BCUT2D eigenvalue weighted by atomic mass is 10.0. The first-order valence-electron chi connectivity index (χ1n) is 17.2. The summed E-state index contributed by atoms with van der Waals surface area (Å²) < 4.78 is 6.90. The zero-order chi connectivity index (χ0) is 33.7. The summed E-state index contributed by atoms with van der Waals surface area (Å²) in [5, 5.41) is 1.18. The van der Waals surface area contributed by atoms with Crippen LogP contribution in [0.15, 0.2) is 188 Å². The molecular formula is C46H31N5. The first kappa shape index (κ1) is 29.0. The summed E-state index contributed by atoms with van der Waals surface area (Å²) >= 11 is 0. The zero-order valence-electron chi connectivity index (χ0n) is 27.6. The second kappa shape index (κ2) is 11.9. The van der Waals surface area contributed by atoms with Gasteiger partial charge in [-0.05, 0) is 96.6 Å². The summed E-state index contributed by atoms with van der Waals surface area (Å²) in [5.41, 5.74) is 12.5. The molecule has 0 aliphatic rings. The number of para-hydroxylation sites is 8. The SMILES string of the molecule is c1ccc(-n2c(-c3cc(-c4nc5ccccc5n4-c4ccccc4)cc(-c4nc5ccccc5n4-c4ccccc4)c3)cc3ccccc32)cc1. The molecule has 0 spiro atoms. The van der Waals surface area contributed by atoms with Crippen molar-refractivity contribution in [2.75, 3.05) is 0 Å². The molecule has 0 saturated heterocycles. The molecule has 5 heteroatoms. The molecule has 3 heterocycles. The largest absolute Gasteiger partial charge is 0.309 e. The van der Waals surface area contributed by atoms with Crippen molar-refractivity contribution in [3.8, 4) is 51.1 Å². The fourth-order valence-corrected chi connectivity index (χ4v) is 7.37. The van der Waals surface area contributed by atoms with Gasteiger partial charge >= 0.3 is 0 Å². The molecule has 0 bridgehead atoms. The first-order valence-corrected chi connectivity index (χ1v) is 17.2. The molecule has 0 aliphatic heterocycles. The Bertz CT molecular complexity index is 2520. The molecule has 5 nitrogen and oxygen atoms in total. The van der Waals surface area contributed by atoms with Gasteiger partial charge in [-0.15, -0.1) is 0 Å². The third-order valence-corrected chi connectivity index (χ3v) is 9.62. The Balaban J connectivity index is 1.31. The number of imidazole rings is 2. The Hall–Kier alpha value is -6.98. The number of rotatable bonds is 6. The Morgan fingerprint density at radius 3 is 1.22 bits per heavy atom. The van der Waals surface area contributed by atoms with E-state index in [-0.39, 0.29) is 0 Å². The summed E-state index contributed by atoms with van der Waals surface area (Å²) in [6.45, 7) is 0. The summed E-state index contributed by atoms with van der Waals surface area (Å²) in [7, 11) is 0. The smallest absolute Gasteiger partial charge is 0.145 e. The van der Waals surface area contributed by atoms with E-state index in [2.05, 4.69) is 202 Å². The van der Waals surface area contributed by atoms with Crippen LogP contribution in [0.2, 0.25) is 0 Å². The van der Waals surface area contributed by atoms with Crippen molar-refractivity contribution in [3.05, 3.63) is 188 Å². The van der Waals surface area contributed by atoms with E-state index in [9.17, 15) is 0 Å². The van der Waals surface area contributed by atoms with Crippen molar-refractivity contribution in [3.63, 3.8) is 0 Å². The van der Waals surface area contributed by atoms with Gasteiger partial charge in [0.25, 0.3) is 0 Å². The molecular weight excluding hydrogens is 623 g/mol. The normalized spacial score (nSPS) is 11.5. The van der Waals surface area contributed by atoms with Crippen LogP contribution in [-0.2, 0) is 0 Å². The van der Waals surface area contributed by atoms with E-state index >= 15 is 0 Å². The third-order valence-electron chi connectivity index (χ3n) is 9.62. The van der Waals surface area contributed by atoms with E-state index in [1.807, 2.05) is 0 Å². The highest BCUT2D eigenvalue weighted by Gasteiger charge is 2.21. The summed E-state index contributed by atoms with van der Waals surface area (Å²) in [5.74, 6) is 1.74. The van der Waals surface area contributed by atoms with Gasteiger partial charge in [0.2, 0.25) is 0 Å². The van der Waals surface area contributed by atoms with Crippen LogP contribution in [0.25, 0.3) is 84.1 Å². The lowest BCUT2D eigenvalue weighted by Gasteiger charge is -2.16. The second-order valence-electron chi connectivity index (χ2n) is 12.7. The molecule has 0 atom stereocenters. The number of nitrogens with zero attached hydrogens (tertiary/aromatic N) is 5. The predicted molar refractivity (Wildman–Crippen MR) is 209 cm³/mol. The van der Waals surface area contributed by atoms with Gasteiger partial charge in [0.05, 0.1) is 33.3 Å². The first-order chi connectivity index (χ1) is 25.3. The molecule has 0 N–H and O–H groups in total. The van der Waals surface area contributed by atoms with Gasteiger partial charge in [-0.2, -0.15) is 0 Å². The van der Waals surface area contributed by atoms with Gasteiger partial charge in [-0.25, -0.2) is 9.97 Å². The van der Waals surface area contributed by atoms with E-state index in [0.717, 1.165) is 78.7 Å². The number of aromatic nitrogens is 5. The lowest BCUT2D eigenvalue weighted by molar-refractivity contribution is 1.09. The van der Waals surface area contributed by atoms with Gasteiger partial charge in [0.1, 0.15) is 11.6 Å². The van der Waals surface area contributed by atoms with E-state index < -0.39 is 0 Å². The van der Waals surface area contributed by atoms with Gasteiger partial charge in [-0.1, -0.05) is 97.1 Å². The van der Waals surface area contributed by atoms with E-state index in [4.69, 9.17) is 9.97 Å². The molecule has 10 rings (SSSR count). The van der Waals surface area contributed by atoms with E-state index in [0.29, 0.717) is 0 Å². The summed E-state index contributed by atoms with van der Waals surface area (Å²) in [6.07, 6.45) is 0. The average molecular weight is 654 g/mol. The average Bonchev–Trinajstić information content (AvgIpc) is 3.91. The van der Waals surface area contributed by atoms with Crippen molar-refractivity contribution >= 4 is 33.0 Å². The molecule has 10 aromatic rings. The predicted octanol–water partition coefficient (Wildman–Crippen LogP) is 11.3. The van der Waals surface area contributed by atoms with Crippen molar-refractivity contribution in [1.82, 2.24) is 23.7 Å². The molecule has 0 radical (unpaired) electrons. The number of hydrogen-bond acceptors (Lipinski definition) is 2. The highest BCUT2D eigenvalue weighted by molar-refractivity contribution is 5.93. The number of fused-ring (bicyclic) bond motifs is 3. The maximum atomic E-state index is 5.30. The highest BCUT2D eigenvalue weighted by atomic mass is 15.1. The Morgan fingerprint density at radius 2 is 0.706 bits per heavy atom. The summed E-state index contributed by atoms with van der Waals surface area (Å²) in [4.78, 5) is 10.6. The van der Waals surface area contributed by atoms with Crippen molar-refractivity contribution < 1.29 is 0 Å². The molecule has 0 saturated carbocycles. The van der Waals surface area contributed by atoms with Crippen LogP contribution in [0.1, 0.15) is 0 Å². The molecule has 3 aromatic heterocycles. The highest BCUT2D eigenvalue weighted by Crippen LogP contribution is 2.39. The molecule has 240 valence electrons. The monoisotopic (exact) mass is 653 g/mol. The zero-order valence-corrected chi connectivity index (χ0v) is 27.6. The molecule has 0 unspecified atom stereocenters. The van der Waals surface area contributed by atoms with E-state index in [1.165, 1.54) is 5.39 Å². The Kier molecular flexibility index (Phi) is 6.74. The minimum atomic E-state index is 0.871. The molecule has 0 amide bonds. The van der Waals surface area contributed by atoms with Crippen LogP contribution in [0.5, 0.6) is 0 Å². The maximum absolute atomic E-state index is 5.30. The summed E-state index contributed by atoms with van der Waals surface area (Å²) in [6, 6.07) is 66.0. The molecule has 0 aliphatic carbocycles. The Morgan fingerprint density at radius 1 is 0.314 bits per heavy atom. The lowest BCUT2D eigenvalue weighted by Crippen LogP contribution is -2.01. The van der Waals surface area contributed by atoms with Crippen LogP contribution in [0, 0.1) is 0 Å². The van der Waals surface area contributed by atoms with Gasteiger partial charge in [0.15, 0.2) is 0 Å². The second-order valence-corrected chi connectivity index (χ2v) is 12.7. The fraction of sp³-hybridized carbons (Fsp3) is 0. The minimum absolute atomic E-state index is 0.871. The number of hydrogen-bond donors (Lipinski definition) is 0. The molecule has 7 aromatic carbocycles. The van der Waals surface area contributed by atoms with Crippen LogP contribution in [-0.4, -0.2) is 23.7 Å². The third kappa shape index (κ3) is 4.86. The molecule has 0 fully saturated rings. The maximum Gasteiger partial charge on any atom is 0.145 e. The number of benzene rings is 7. The van der Waals surface area contributed by atoms with Gasteiger partial charge in [-0.3, -0.25) is 9.13 Å². The van der Waals surface area contributed by atoms with Gasteiger partial charge < -0.3 is 4.57 Å². The minimum Gasteiger partial charge on any atom is -0.309 e. The van der Waals surface area contributed by atoms with Crippen LogP contribution >= 0.6 is 0 Å².